The molecule has 1 heterocycles. The highest BCUT2D eigenvalue weighted by Crippen LogP contribution is 2.34. The zero-order valence-corrected chi connectivity index (χ0v) is 12.9. The van der Waals surface area contributed by atoms with E-state index in [4.69, 9.17) is 0 Å². The first-order valence-corrected chi connectivity index (χ1v) is 8.30. The molecule has 5 heteroatoms. The topological polar surface area (TPSA) is 57.8 Å². The Bertz CT molecular complexity index is 405. The average molecular weight is 283 g/mol. The van der Waals surface area contributed by atoms with Gasteiger partial charge in [-0.05, 0) is 39.5 Å². The lowest BCUT2D eigenvalue weighted by Crippen LogP contribution is -2.39. The minimum atomic E-state index is -1.05. The highest BCUT2D eigenvalue weighted by atomic mass is 32.2. The van der Waals surface area contributed by atoms with E-state index in [1.165, 1.54) is 32.1 Å². The molecule has 0 amide bonds. The van der Waals surface area contributed by atoms with Crippen LogP contribution in [-0.4, -0.2) is 18.9 Å². The maximum Gasteiger partial charge on any atom is 0.0976 e. The minimum Gasteiger partial charge on any atom is -0.347 e. The Morgan fingerprint density at radius 3 is 2.58 bits per heavy atom. The van der Waals surface area contributed by atoms with Gasteiger partial charge in [0.15, 0.2) is 0 Å². The molecule has 0 bridgehead atoms. The van der Waals surface area contributed by atoms with Crippen LogP contribution in [0.1, 0.15) is 64.6 Å². The van der Waals surface area contributed by atoms with Gasteiger partial charge in [0.25, 0.3) is 0 Å². The largest absolute Gasteiger partial charge is 0.347 e. The average Bonchev–Trinajstić information content (AvgIpc) is 2.89. The fourth-order valence-electron chi connectivity index (χ4n) is 2.61. The van der Waals surface area contributed by atoms with Crippen molar-refractivity contribution < 1.29 is 4.21 Å². The summed E-state index contributed by atoms with van der Waals surface area (Å²) in [5.41, 5.74) is 1.06. The smallest absolute Gasteiger partial charge is 0.0976 e. The number of aromatic amines is 1. The van der Waals surface area contributed by atoms with Gasteiger partial charge in [0, 0.05) is 6.20 Å². The van der Waals surface area contributed by atoms with Crippen molar-refractivity contribution in [2.45, 2.75) is 63.7 Å². The predicted octanol–water partition coefficient (Wildman–Crippen LogP) is 3.08. The molecule has 1 aliphatic carbocycles. The summed E-state index contributed by atoms with van der Waals surface area (Å²) in [5.74, 6) is 0.556. The molecule has 1 aliphatic rings. The van der Waals surface area contributed by atoms with E-state index in [1.807, 2.05) is 27.0 Å². The third kappa shape index (κ3) is 3.89. The molecule has 2 unspecified atom stereocenters. The zero-order chi connectivity index (χ0) is 13.9. The van der Waals surface area contributed by atoms with Gasteiger partial charge in [-0.15, -0.1) is 0 Å². The number of imidazole rings is 1. The lowest BCUT2D eigenvalue weighted by molar-refractivity contribution is 0.292. The van der Waals surface area contributed by atoms with Crippen LogP contribution < -0.4 is 4.72 Å². The van der Waals surface area contributed by atoms with Crippen LogP contribution in [-0.2, 0) is 11.0 Å². The molecule has 1 aromatic heterocycles. The summed E-state index contributed by atoms with van der Waals surface area (Å²) in [6.07, 6.45) is 9.85. The Morgan fingerprint density at radius 2 is 2.05 bits per heavy atom. The Morgan fingerprint density at radius 1 is 1.37 bits per heavy atom. The summed E-state index contributed by atoms with van der Waals surface area (Å²) in [6, 6.07) is 0.128. The van der Waals surface area contributed by atoms with Gasteiger partial charge in [-0.2, -0.15) is 0 Å². The van der Waals surface area contributed by atoms with Crippen molar-refractivity contribution in [1.29, 1.82) is 0 Å². The molecule has 2 rings (SSSR count). The molecule has 1 fully saturated rings. The van der Waals surface area contributed by atoms with Gasteiger partial charge in [-0.25, -0.2) is 13.9 Å². The molecule has 0 saturated heterocycles. The van der Waals surface area contributed by atoms with E-state index in [-0.39, 0.29) is 10.8 Å². The molecule has 0 aromatic carbocycles. The zero-order valence-electron chi connectivity index (χ0n) is 12.1. The van der Waals surface area contributed by atoms with Crippen LogP contribution in [0, 0.1) is 5.92 Å². The van der Waals surface area contributed by atoms with Gasteiger partial charge in [-0.3, -0.25) is 0 Å². The van der Waals surface area contributed by atoms with Gasteiger partial charge in [0.1, 0.15) is 0 Å². The molecule has 0 spiro atoms. The second-order valence-electron chi connectivity index (χ2n) is 6.38. The summed E-state index contributed by atoms with van der Waals surface area (Å²) in [4.78, 5) is 7.30. The van der Waals surface area contributed by atoms with Gasteiger partial charge in [0.2, 0.25) is 0 Å². The van der Waals surface area contributed by atoms with Crippen molar-refractivity contribution in [2.24, 2.45) is 5.92 Å². The van der Waals surface area contributed by atoms with Crippen molar-refractivity contribution in [3.63, 3.8) is 0 Å². The van der Waals surface area contributed by atoms with Crippen LogP contribution in [0.4, 0.5) is 0 Å². The van der Waals surface area contributed by atoms with E-state index in [0.29, 0.717) is 5.92 Å². The summed E-state index contributed by atoms with van der Waals surface area (Å²) in [5, 5.41) is 0. The first-order chi connectivity index (χ1) is 8.98. The monoisotopic (exact) mass is 283 g/mol. The van der Waals surface area contributed by atoms with Crippen LogP contribution in [0.25, 0.3) is 0 Å². The Labute approximate surface area is 118 Å². The molecule has 1 aromatic rings. The molecule has 19 heavy (non-hydrogen) atoms. The van der Waals surface area contributed by atoms with Crippen LogP contribution >= 0.6 is 0 Å². The molecule has 2 N–H and O–H groups in total. The van der Waals surface area contributed by atoms with Crippen molar-refractivity contribution in [3.05, 3.63) is 18.2 Å². The number of hydrogen-bond acceptors (Lipinski definition) is 2. The molecular formula is C14H25N3OS. The van der Waals surface area contributed by atoms with Gasteiger partial charge in [0.05, 0.1) is 33.8 Å². The SMILES string of the molecule is CC(C)(C)S(=O)NC(c1cnc[nH]1)C1CCCCC1. The number of H-pyrrole nitrogens is 1. The van der Waals surface area contributed by atoms with Crippen LogP contribution in [0.5, 0.6) is 0 Å². The highest BCUT2D eigenvalue weighted by Gasteiger charge is 2.30. The quantitative estimate of drug-likeness (QED) is 0.892. The number of nitrogens with one attached hydrogen (secondary N) is 2. The predicted molar refractivity (Wildman–Crippen MR) is 78.9 cm³/mol. The number of aromatic nitrogens is 2. The molecule has 0 aliphatic heterocycles. The molecule has 0 radical (unpaired) electrons. The lowest BCUT2D eigenvalue weighted by Gasteiger charge is -2.32. The summed E-state index contributed by atoms with van der Waals surface area (Å²) >= 11 is 0. The molecule has 4 nitrogen and oxygen atoms in total. The van der Waals surface area contributed by atoms with E-state index in [1.54, 1.807) is 6.33 Å². The van der Waals surface area contributed by atoms with Crippen molar-refractivity contribution in [3.8, 4) is 0 Å². The van der Waals surface area contributed by atoms with E-state index >= 15 is 0 Å². The van der Waals surface area contributed by atoms with Crippen molar-refractivity contribution >= 4 is 11.0 Å². The van der Waals surface area contributed by atoms with Crippen LogP contribution in [0.3, 0.4) is 0 Å². The van der Waals surface area contributed by atoms with E-state index in [9.17, 15) is 4.21 Å². The van der Waals surface area contributed by atoms with E-state index in [2.05, 4.69) is 14.7 Å². The highest BCUT2D eigenvalue weighted by molar-refractivity contribution is 7.84. The second-order valence-corrected chi connectivity index (χ2v) is 8.38. The van der Waals surface area contributed by atoms with Crippen molar-refractivity contribution in [2.75, 3.05) is 0 Å². The standard InChI is InChI=1S/C14H25N3OS/c1-14(2,3)19(18)17-13(12-9-15-10-16-12)11-7-5-4-6-8-11/h9-11,13,17H,4-8H2,1-3H3,(H,15,16). The normalized spacial score (nSPS) is 21.2. The summed E-state index contributed by atoms with van der Waals surface area (Å²) < 4.78 is 15.5. The maximum atomic E-state index is 12.4. The maximum absolute atomic E-state index is 12.4. The Balaban J connectivity index is 2.13. The van der Waals surface area contributed by atoms with Crippen LogP contribution in [0.2, 0.25) is 0 Å². The Kier molecular flexibility index (Phi) is 4.79. The third-order valence-corrected chi connectivity index (χ3v) is 5.35. The second kappa shape index (κ2) is 6.18. The summed E-state index contributed by atoms with van der Waals surface area (Å²) in [7, 11) is -1.05. The minimum absolute atomic E-state index is 0.128. The van der Waals surface area contributed by atoms with E-state index in [0.717, 1.165) is 5.69 Å². The first-order valence-electron chi connectivity index (χ1n) is 7.15. The number of rotatable bonds is 4. The molecular weight excluding hydrogens is 258 g/mol. The number of nitrogens with zero attached hydrogens (tertiary/aromatic N) is 1. The number of hydrogen-bond donors (Lipinski definition) is 2. The van der Waals surface area contributed by atoms with Gasteiger partial charge >= 0.3 is 0 Å². The molecule has 2 atom stereocenters. The van der Waals surface area contributed by atoms with Crippen molar-refractivity contribution in [1.82, 2.24) is 14.7 Å². The fourth-order valence-corrected chi connectivity index (χ4v) is 3.51. The molecule has 108 valence electrons. The fraction of sp³-hybridized carbons (Fsp3) is 0.786. The van der Waals surface area contributed by atoms with Gasteiger partial charge in [-0.1, -0.05) is 19.3 Å². The van der Waals surface area contributed by atoms with Gasteiger partial charge < -0.3 is 4.98 Å². The van der Waals surface area contributed by atoms with Crippen LogP contribution in [0.15, 0.2) is 12.5 Å². The van der Waals surface area contributed by atoms with E-state index < -0.39 is 11.0 Å². The third-order valence-electron chi connectivity index (χ3n) is 3.77. The lowest BCUT2D eigenvalue weighted by atomic mass is 9.83. The summed E-state index contributed by atoms with van der Waals surface area (Å²) in [6.45, 7) is 6.00. The Hall–Kier alpha value is -0.680. The molecule has 1 saturated carbocycles. The first kappa shape index (κ1) is 14.7.